The molecule has 5 heteroatoms. The van der Waals surface area contributed by atoms with Gasteiger partial charge in [0, 0.05) is 32.1 Å². The molecule has 1 aromatic heterocycles. The minimum atomic E-state index is 0.712. The van der Waals surface area contributed by atoms with Crippen LogP contribution in [0.25, 0.3) is 0 Å². The van der Waals surface area contributed by atoms with Crippen molar-refractivity contribution >= 4 is 17.4 Å². The van der Waals surface area contributed by atoms with Crippen molar-refractivity contribution in [3.63, 3.8) is 0 Å². The zero-order chi connectivity index (χ0) is 13.0. The average Bonchev–Trinajstić information content (AvgIpc) is 2.59. The molecule has 100 valence electrons. The van der Waals surface area contributed by atoms with E-state index in [1.165, 1.54) is 0 Å². The molecule has 0 aromatic carbocycles. The standard InChI is InChI=1S/C13H21ClN4/c1-11-12(2)16-13(10-15-11)18-6-3-5-17(7-4-14)8-9-18/h10H,3-9H2,1-2H3. The Labute approximate surface area is 114 Å². The van der Waals surface area contributed by atoms with E-state index in [1.54, 1.807) is 0 Å². The Kier molecular flexibility index (Phi) is 4.78. The molecule has 0 atom stereocenters. The summed E-state index contributed by atoms with van der Waals surface area (Å²) in [6, 6.07) is 0. The van der Waals surface area contributed by atoms with Gasteiger partial charge in [-0.2, -0.15) is 0 Å². The molecule has 0 unspecified atom stereocenters. The maximum Gasteiger partial charge on any atom is 0.147 e. The van der Waals surface area contributed by atoms with Crippen LogP contribution in [0.3, 0.4) is 0 Å². The van der Waals surface area contributed by atoms with Crippen LogP contribution in [-0.2, 0) is 0 Å². The van der Waals surface area contributed by atoms with E-state index in [0.29, 0.717) is 5.88 Å². The molecular formula is C13H21ClN4. The molecule has 2 heterocycles. The molecule has 1 aliphatic rings. The number of nitrogens with zero attached hydrogens (tertiary/aromatic N) is 4. The molecule has 1 saturated heterocycles. The van der Waals surface area contributed by atoms with Gasteiger partial charge in [0.05, 0.1) is 17.6 Å². The van der Waals surface area contributed by atoms with Crippen molar-refractivity contribution in [1.29, 1.82) is 0 Å². The zero-order valence-electron chi connectivity index (χ0n) is 11.2. The fraction of sp³-hybridized carbons (Fsp3) is 0.692. The van der Waals surface area contributed by atoms with Gasteiger partial charge in [0.1, 0.15) is 5.82 Å². The first-order valence-electron chi connectivity index (χ1n) is 6.54. The third-order valence-electron chi connectivity index (χ3n) is 3.49. The van der Waals surface area contributed by atoms with Crippen molar-refractivity contribution in [3.8, 4) is 0 Å². The number of hydrogen-bond acceptors (Lipinski definition) is 4. The van der Waals surface area contributed by atoms with Gasteiger partial charge in [-0.05, 0) is 26.8 Å². The summed E-state index contributed by atoms with van der Waals surface area (Å²) in [5.41, 5.74) is 2.03. The molecule has 18 heavy (non-hydrogen) atoms. The van der Waals surface area contributed by atoms with Gasteiger partial charge in [0.15, 0.2) is 0 Å². The van der Waals surface area contributed by atoms with Crippen molar-refractivity contribution in [3.05, 3.63) is 17.6 Å². The van der Waals surface area contributed by atoms with E-state index in [4.69, 9.17) is 11.6 Å². The van der Waals surface area contributed by atoms with Gasteiger partial charge < -0.3 is 9.80 Å². The van der Waals surface area contributed by atoms with E-state index in [1.807, 2.05) is 20.0 Å². The van der Waals surface area contributed by atoms with E-state index in [0.717, 1.165) is 56.4 Å². The highest BCUT2D eigenvalue weighted by atomic mass is 35.5. The molecule has 0 N–H and O–H groups in total. The van der Waals surface area contributed by atoms with Crippen molar-refractivity contribution in [2.75, 3.05) is 43.5 Å². The Bertz CT molecular complexity index is 397. The van der Waals surface area contributed by atoms with Crippen LogP contribution < -0.4 is 4.90 Å². The topological polar surface area (TPSA) is 32.3 Å². The van der Waals surface area contributed by atoms with Crippen LogP contribution in [0.1, 0.15) is 17.8 Å². The van der Waals surface area contributed by atoms with E-state index in [2.05, 4.69) is 19.8 Å². The normalized spacial score (nSPS) is 17.8. The van der Waals surface area contributed by atoms with E-state index in [9.17, 15) is 0 Å². The van der Waals surface area contributed by atoms with Gasteiger partial charge in [-0.15, -0.1) is 11.6 Å². The molecule has 4 nitrogen and oxygen atoms in total. The largest absolute Gasteiger partial charge is 0.354 e. The second-order valence-corrected chi connectivity index (χ2v) is 5.15. The van der Waals surface area contributed by atoms with Gasteiger partial charge in [0.2, 0.25) is 0 Å². The van der Waals surface area contributed by atoms with Gasteiger partial charge in [0.25, 0.3) is 0 Å². The Balaban J connectivity index is 2.02. The maximum absolute atomic E-state index is 5.80. The summed E-state index contributed by atoms with van der Waals surface area (Å²) >= 11 is 5.80. The lowest BCUT2D eigenvalue weighted by Gasteiger charge is -2.22. The molecule has 0 spiro atoms. The molecule has 0 radical (unpaired) electrons. The summed E-state index contributed by atoms with van der Waals surface area (Å²) in [6.07, 6.45) is 3.05. The Morgan fingerprint density at radius 1 is 1.17 bits per heavy atom. The smallest absolute Gasteiger partial charge is 0.147 e. The van der Waals surface area contributed by atoms with Crippen LogP contribution >= 0.6 is 11.6 Å². The zero-order valence-corrected chi connectivity index (χ0v) is 11.9. The van der Waals surface area contributed by atoms with E-state index in [-0.39, 0.29) is 0 Å². The van der Waals surface area contributed by atoms with Crippen LogP contribution in [0, 0.1) is 13.8 Å². The predicted molar refractivity (Wildman–Crippen MR) is 75.5 cm³/mol. The first-order chi connectivity index (χ1) is 8.70. The second kappa shape index (κ2) is 6.34. The molecule has 0 bridgehead atoms. The number of alkyl halides is 1. The number of hydrogen-bond donors (Lipinski definition) is 0. The lowest BCUT2D eigenvalue weighted by atomic mass is 10.3. The van der Waals surface area contributed by atoms with Crippen molar-refractivity contribution < 1.29 is 0 Å². The molecule has 0 amide bonds. The third kappa shape index (κ3) is 3.33. The Morgan fingerprint density at radius 2 is 2.00 bits per heavy atom. The summed E-state index contributed by atoms with van der Waals surface area (Å²) in [6.45, 7) is 9.24. The van der Waals surface area contributed by atoms with Gasteiger partial charge in [-0.25, -0.2) is 4.98 Å². The van der Waals surface area contributed by atoms with Gasteiger partial charge >= 0.3 is 0 Å². The predicted octanol–water partition coefficient (Wildman–Crippen LogP) is 1.84. The van der Waals surface area contributed by atoms with Crippen molar-refractivity contribution in [2.45, 2.75) is 20.3 Å². The van der Waals surface area contributed by atoms with Crippen LogP contribution in [-0.4, -0.2) is 53.5 Å². The summed E-state index contributed by atoms with van der Waals surface area (Å²) in [7, 11) is 0. The lowest BCUT2D eigenvalue weighted by molar-refractivity contribution is 0.311. The van der Waals surface area contributed by atoms with Gasteiger partial charge in [-0.3, -0.25) is 4.98 Å². The maximum atomic E-state index is 5.80. The first-order valence-corrected chi connectivity index (χ1v) is 7.07. The lowest BCUT2D eigenvalue weighted by Crippen LogP contribution is -2.32. The number of rotatable bonds is 3. The fourth-order valence-corrected chi connectivity index (χ4v) is 2.46. The molecule has 1 fully saturated rings. The monoisotopic (exact) mass is 268 g/mol. The highest BCUT2D eigenvalue weighted by molar-refractivity contribution is 6.18. The minimum absolute atomic E-state index is 0.712. The first kappa shape index (κ1) is 13.6. The van der Waals surface area contributed by atoms with Crippen LogP contribution in [0.15, 0.2) is 6.20 Å². The van der Waals surface area contributed by atoms with Crippen molar-refractivity contribution in [1.82, 2.24) is 14.9 Å². The summed E-state index contributed by atoms with van der Waals surface area (Å²) in [5.74, 6) is 1.72. The Morgan fingerprint density at radius 3 is 2.72 bits per heavy atom. The van der Waals surface area contributed by atoms with Crippen LogP contribution in [0.4, 0.5) is 5.82 Å². The minimum Gasteiger partial charge on any atom is -0.354 e. The second-order valence-electron chi connectivity index (χ2n) is 4.77. The van der Waals surface area contributed by atoms with Gasteiger partial charge in [-0.1, -0.05) is 0 Å². The Hall–Kier alpha value is -0.870. The number of aromatic nitrogens is 2. The highest BCUT2D eigenvalue weighted by Crippen LogP contribution is 2.14. The van der Waals surface area contributed by atoms with E-state index >= 15 is 0 Å². The number of anilines is 1. The van der Waals surface area contributed by atoms with Crippen LogP contribution in [0.2, 0.25) is 0 Å². The van der Waals surface area contributed by atoms with Crippen molar-refractivity contribution in [2.24, 2.45) is 0 Å². The molecule has 1 aliphatic heterocycles. The van der Waals surface area contributed by atoms with Crippen LogP contribution in [0.5, 0.6) is 0 Å². The molecule has 0 aliphatic carbocycles. The summed E-state index contributed by atoms with van der Waals surface area (Å²) < 4.78 is 0. The summed E-state index contributed by atoms with van der Waals surface area (Å²) in [5, 5.41) is 0. The quantitative estimate of drug-likeness (QED) is 0.783. The molecule has 2 rings (SSSR count). The molecule has 1 aromatic rings. The average molecular weight is 269 g/mol. The fourth-order valence-electron chi connectivity index (χ4n) is 2.23. The van der Waals surface area contributed by atoms with E-state index < -0.39 is 0 Å². The highest BCUT2D eigenvalue weighted by Gasteiger charge is 2.16. The molecule has 0 saturated carbocycles. The summed E-state index contributed by atoms with van der Waals surface area (Å²) in [4.78, 5) is 13.8. The molecular weight excluding hydrogens is 248 g/mol. The third-order valence-corrected chi connectivity index (χ3v) is 3.66. The number of halogens is 1. The number of aryl methyl sites for hydroxylation is 2. The SMILES string of the molecule is Cc1ncc(N2CCCN(CCCl)CC2)nc1C.